The predicted molar refractivity (Wildman–Crippen MR) is 124 cm³/mol. The highest BCUT2D eigenvalue weighted by Crippen LogP contribution is 2.38. The van der Waals surface area contributed by atoms with Crippen LogP contribution in [0.5, 0.6) is 5.75 Å². The topological polar surface area (TPSA) is 100 Å². The van der Waals surface area contributed by atoms with Crippen LogP contribution in [0.25, 0.3) is 22.2 Å². The highest BCUT2D eigenvalue weighted by molar-refractivity contribution is 5.98. The molecular formula is C24H26F3N5O3. The number of anilines is 1. The molecular weight excluding hydrogens is 463 g/mol. The summed E-state index contributed by atoms with van der Waals surface area (Å²) in [4.78, 5) is 18.5. The maximum atomic E-state index is 13.0. The van der Waals surface area contributed by atoms with E-state index in [0.717, 1.165) is 18.9 Å². The molecule has 0 saturated carbocycles. The Balaban J connectivity index is 1.61. The molecule has 1 aliphatic heterocycles. The molecule has 0 spiro atoms. The molecule has 11 heteroatoms. The number of pyridine rings is 1. The number of halogens is 3. The number of phenolic OH excluding ortho intramolecular Hbond substituents is 1. The molecule has 2 aromatic heterocycles. The number of alkyl halides is 3. The van der Waals surface area contributed by atoms with E-state index in [1.807, 2.05) is 20.8 Å². The quantitative estimate of drug-likeness (QED) is 0.520. The molecule has 35 heavy (non-hydrogen) atoms. The lowest BCUT2D eigenvalue weighted by Crippen LogP contribution is -2.47. The van der Waals surface area contributed by atoms with E-state index in [-0.39, 0.29) is 23.4 Å². The summed E-state index contributed by atoms with van der Waals surface area (Å²) in [5.41, 5.74) is -0.777. The van der Waals surface area contributed by atoms with Crippen molar-refractivity contribution in [3.8, 4) is 17.0 Å². The third kappa shape index (κ3) is 5.55. The minimum atomic E-state index is -4.58. The summed E-state index contributed by atoms with van der Waals surface area (Å²) in [7, 11) is 0. The van der Waals surface area contributed by atoms with Crippen molar-refractivity contribution < 1.29 is 27.8 Å². The zero-order valence-corrected chi connectivity index (χ0v) is 19.6. The van der Waals surface area contributed by atoms with E-state index in [0.29, 0.717) is 35.9 Å². The number of carbonyl (C=O) groups excluding carboxylic acids is 1. The van der Waals surface area contributed by atoms with Crippen LogP contribution in [0.1, 0.15) is 39.2 Å². The van der Waals surface area contributed by atoms with Crippen LogP contribution >= 0.6 is 0 Å². The van der Waals surface area contributed by atoms with E-state index in [2.05, 4.69) is 20.5 Å². The number of hydrogen-bond donors (Lipinski definition) is 2. The van der Waals surface area contributed by atoms with Gasteiger partial charge in [0.05, 0.1) is 5.56 Å². The highest BCUT2D eigenvalue weighted by atomic mass is 19.4. The fourth-order valence-electron chi connectivity index (χ4n) is 3.97. The number of nitrogens with one attached hydrogen (secondary N) is 1. The zero-order valence-electron chi connectivity index (χ0n) is 19.6. The van der Waals surface area contributed by atoms with E-state index < -0.39 is 23.1 Å². The number of aromatic hydroxyl groups is 1. The van der Waals surface area contributed by atoms with Gasteiger partial charge in [0.15, 0.2) is 5.82 Å². The van der Waals surface area contributed by atoms with Gasteiger partial charge in [0.25, 0.3) is 0 Å². The number of fused-ring (bicyclic) bond motifs is 1. The number of rotatable bonds is 3. The van der Waals surface area contributed by atoms with Gasteiger partial charge in [0.1, 0.15) is 22.6 Å². The van der Waals surface area contributed by atoms with Gasteiger partial charge in [0, 0.05) is 36.3 Å². The van der Waals surface area contributed by atoms with Crippen LogP contribution in [0, 0.1) is 0 Å². The van der Waals surface area contributed by atoms with Crippen LogP contribution < -0.4 is 5.32 Å². The van der Waals surface area contributed by atoms with Crippen molar-refractivity contribution >= 4 is 22.8 Å². The Morgan fingerprint density at radius 1 is 1.20 bits per heavy atom. The van der Waals surface area contributed by atoms with Crippen LogP contribution in [0.2, 0.25) is 0 Å². The minimum absolute atomic E-state index is 0.115. The molecule has 1 fully saturated rings. The average Bonchev–Trinajstić information content (AvgIpc) is 2.78. The molecule has 1 aliphatic rings. The Morgan fingerprint density at radius 2 is 1.97 bits per heavy atom. The average molecular weight is 489 g/mol. The standard InChI is InChI=1S/C24H26F3N5O3/c1-23(2,3)35-22(34)32-11-5-6-15(13-32)29-21-20-17(7-4-10-28-20)19(30-31-21)16-9-8-14(12-18(16)33)24(25,26)27/h4,7-10,12,15,33H,5-6,11,13H2,1-3H3,(H,29,31)/t15-/m1/s1. The molecule has 0 radical (unpaired) electrons. The number of ether oxygens (including phenoxy) is 1. The third-order valence-corrected chi connectivity index (χ3v) is 5.53. The number of hydrogen-bond acceptors (Lipinski definition) is 7. The smallest absolute Gasteiger partial charge is 0.416 e. The number of piperidine rings is 1. The Morgan fingerprint density at radius 3 is 2.66 bits per heavy atom. The predicted octanol–water partition coefficient (Wildman–Crippen LogP) is 5.23. The van der Waals surface area contributed by atoms with Crippen LogP contribution in [-0.2, 0) is 10.9 Å². The van der Waals surface area contributed by atoms with Gasteiger partial charge >= 0.3 is 12.3 Å². The van der Waals surface area contributed by atoms with E-state index in [4.69, 9.17) is 4.74 Å². The first-order valence-corrected chi connectivity index (χ1v) is 11.2. The van der Waals surface area contributed by atoms with Crippen molar-refractivity contribution in [1.82, 2.24) is 20.1 Å². The van der Waals surface area contributed by atoms with Gasteiger partial charge in [0.2, 0.25) is 0 Å². The Labute approximate surface area is 200 Å². The van der Waals surface area contributed by atoms with Gasteiger partial charge in [-0.2, -0.15) is 13.2 Å². The van der Waals surface area contributed by atoms with Gasteiger partial charge < -0.3 is 20.1 Å². The summed E-state index contributed by atoms with van der Waals surface area (Å²) in [5.74, 6) is -0.174. The Kier molecular flexibility index (Phi) is 6.44. The second-order valence-electron chi connectivity index (χ2n) is 9.44. The van der Waals surface area contributed by atoms with Gasteiger partial charge in [-0.15, -0.1) is 10.2 Å². The highest BCUT2D eigenvalue weighted by Gasteiger charge is 2.32. The van der Waals surface area contributed by atoms with Crippen LogP contribution in [0.3, 0.4) is 0 Å². The molecule has 4 rings (SSSR count). The molecule has 3 aromatic rings. The monoisotopic (exact) mass is 489 g/mol. The molecule has 1 saturated heterocycles. The summed E-state index contributed by atoms with van der Waals surface area (Å²) >= 11 is 0. The van der Waals surface area contributed by atoms with Crippen molar-refractivity contribution in [2.75, 3.05) is 18.4 Å². The molecule has 1 aromatic carbocycles. The van der Waals surface area contributed by atoms with Crippen molar-refractivity contribution in [3.05, 3.63) is 42.1 Å². The van der Waals surface area contributed by atoms with E-state index in [1.165, 1.54) is 6.07 Å². The second kappa shape index (κ2) is 9.20. The van der Waals surface area contributed by atoms with Crippen molar-refractivity contribution in [2.45, 2.75) is 51.4 Å². The lowest BCUT2D eigenvalue weighted by Gasteiger charge is -2.34. The first kappa shape index (κ1) is 24.5. The number of benzene rings is 1. The normalized spacial score (nSPS) is 16.9. The lowest BCUT2D eigenvalue weighted by atomic mass is 10.0. The molecule has 8 nitrogen and oxygen atoms in total. The lowest BCUT2D eigenvalue weighted by molar-refractivity contribution is -0.137. The number of likely N-dealkylation sites (tertiary alicyclic amines) is 1. The summed E-state index contributed by atoms with van der Waals surface area (Å²) < 4.78 is 44.5. The molecule has 3 heterocycles. The molecule has 186 valence electrons. The third-order valence-electron chi connectivity index (χ3n) is 5.53. The van der Waals surface area contributed by atoms with Crippen LogP contribution in [0.15, 0.2) is 36.5 Å². The van der Waals surface area contributed by atoms with Gasteiger partial charge in [-0.05, 0) is 63.9 Å². The van der Waals surface area contributed by atoms with Crippen LogP contribution in [-0.4, -0.2) is 56.0 Å². The molecule has 2 N–H and O–H groups in total. The molecule has 0 aliphatic carbocycles. The summed E-state index contributed by atoms with van der Waals surface area (Å²) in [6.45, 7) is 6.44. The maximum absolute atomic E-state index is 13.0. The molecule has 1 amide bonds. The van der Waals surface area contributed by atoms with E-state index in [9.17, 15) is 23.1 Å². The fourth-order valence-corrected chi connectivity index (χ4v) is 3.97. The first-order chi connectivity index (χ1) is 16.4. The van der Waals surface area contributed by atoms with Gasteiger partial charge in [-0.25, -0.2) is 4.79 Å². The summed E-state index contributed by atoms with van der Waals surface area (Å²) in [6, 6.07) is 5.98. The van der Waals surface area contributed by atoms with Crippen molar-refractivity contribution in [1.29, 1.82) is 0 Å². The number of carbonyl (C=O) groups is 1. The zero-order chi connectivity index (χ0) is 25.4. The summed E-state index contributed by atoms with van der Waals surface area (Å²) in [6.07, 6.45) is -1.83. The molecule has 1 atom stereocenters. The van der Waals surface area contributed by atoms with Gasteiger partial charge in [-0.1, -0.05) is 0 Å². The van der Waals surface area contributed by atoms with E-state index in [1.54, 1.807) is 23.2 Å². The minimum Gasteiger partial charge on any atom is -0.507 e. The maximum Gasteiger partial charge on any atom is 0.416 e. The first-order valence-electron chi connectivity index (χ1n) is 11.2. The number of aromatic nitrogens is 3. The fraction of sp³-hybridized carbons (Fsp3) is 0.417. The van der Waals surface area contributed by atoms with Crippen molar-refractivity contribution in [2.24, 2.45) is 0 Å². The molecule has 0 unspecified atom stereocenters. The number of amides is 1. The van der Waals surface area contributed by atoms with Crippen molar-refractivity contribution in [3.63, 3.8) is 0 Å². The Hall–Kier alpha value is -3.63. The molecule has 0 bridgehead atoms. The van der Waals surface area contributed by atoms with Crippen LogP contribution in [0.4, 0.5) is 23.8 Å². The largest absolute Gasteiger partial charge is 0.507 e. The van der Waals surface area contributed by atoms with Gasteiger partial charge in [-0.3, -0.25) is 4.98 Å². The Bertz CT molecular complexity index is 1240. The second-order valence-corrected chi connectivity index (χ2v) is 9.44. The number of phenols is 1. The SMILES string of the molecule is CC(C)(C)OC(=O)N1CCC[C@@H](Nc2nnc(-c3ccc(C(F)(F)F)cc3O)c3cccnc23)C1. The number of nitrogens with zero attached hydrogens (tertiary/aromatic N) is 4. The van der Waals surface area contributed by atoms with E-state index >= 15 is 0 Å². The summed E-state index contributed by atoms with van der Waals surface area (Å²) in [5, 5.41) is 22.5.